The second kappa shape index (κ2) is 8.79. The minimum absolute atomic E-state index is 0.0592. The molecular formula is C23H23F2N3O5S. The Kier molecular flexibility index (Phi) is 6.15. The molecule has 8 nitrogen and oxygen atoms in total. The number of nitrogens with zero attached hydrogens (tertiary/aromatic N) is 2. The van der Waals surface area contributed by atoms with E-state index in [0.29, 0.717) is 4.90 Å². The maximum Gasteiger partial charge on any atom is 0.325 e. The Morgan fingerprint density at radius 1 is 1.18 bits per heavy atom. The highest BCUT2D eigenvalue weighted by Crippen LogP contribution is 2.31. The molecule has 4 amide bonds. The lowest BCUT2D eigenvalue weighted by molar-refractivity contribution is -0.140. The summed E-state index contributed by atoms with van der Waals surface area (Å²) in [5, 5.41) is 2.36. The van der Waals surface area contributed by atoms with Gasteiger partial charge in [0, 0.05) is 18.2 Å². The van der Waals surface area contributed by atoms with Gasteiger partial charge in [-0.25, -0.2) is 22.0 Å². The second-order valence-corrected chi connectivity index (χ2v) is 10.9. The van der Waals surface area contributed by atoms with E-state index in [1.54, 1.807) is 30.3 Å². The van der Waals surface area contributed by atoms with E-state index in [2.05, 4.69) is 5.32 Å². The van der Waals surface area contributed by atoms with Crippen molar-refractivity contribution in [2.45, 2.75) is 31.5 Å². The third kappa shape index (κ3) is 4.52. The number of imide groups is 1. The Morgan fingerprint density at radius 3 is 2.53 bits per heavy atom. The number of carbonyl (C=O) groups is 3. The van der Waals surface area contributed by atoms with E-state index < -0.39 is 57.4 Å². The van der Waals surface area contributed by atoms with Crippen LogP contribution in [0.1, 0.15) is 24.5 Å². The molecule has 1 N–H and O–H groups in total. The van der Waals surface area contributed by atoms with Crippen molar-refractivity contribution in [1.29, 1.82) is 0 Å². The Hall–Kier alpha value is -3.34. The van der Waals surface area contributed by atoms with Gasteiger partial charge in [0.1, 0.15) is 23.7 Å². The lowest BCUT2D eigenvalue weighted by Gasteiger charge is -2.30. The Morgan fingerprint density at radius 2 is 1.88 bits per heavy atom. The summed E-state index contributed by atoms with van der Waals surface area (Å²) in [6, 6.07) is 9.95. The summed E-state index contributed by atoms with van der Waals surface area (Å²) in [6.45, 7) is 0.667. The van der Waals surface area contributed by atoms with Crippen LogP contribution in [0.4, 0.5) is 13.6 Å². The monoisotopic (exact) mass is 491 g/mol. The summed E-state index contributed by atoms with van der Waals surface area (Å²) in [5.74, 6) is -3.47. The number of nitrogens with one attached hydrogen (secondary N) is 1. The van der Waals surface area contributed by atoms with Crippen molar-refractivity contribution in [3.8, 4) is 0 Å². The molecule has 2 aromatic carbocycles. The molecule has 34 heavy (non-hydrogen) atoms. The van der Waals surface area contributed by atoms with Gasteiger partial charge >= 0.3 is 6.03 Å². The summed E-state index contributed by atoms with van der Waals surface area (Å²) in [7, 11) is -3.31. The molecule has 4 rings (SSSR count). The number of benzene rings is 2. The zero-order valence-corrected chi connectivity index (χ0v) is 19.1. The van der Waals surface area contributed by atoms with Gasteiger partial charge in [0.25, 0.3) is 5.91 Å². The summed E-state index contributed by atoms with van der Waals surface area (Å²) < 4.78 is 52.2. The van der Waals surface area contributed by atoms with Crippen LogP contribution < -0.4 is 5.32 Å². The van der Waals surface area contributed by atoms with Gasteiger partial charge in [-0.05, 0) is 37.1 Å². The minimum atomic E-state index is -3.31. The largest absolute Gasteiger partial charge is 0.333 e. The van der Waals surface area contributed by atoms with E-state index in [0.717, 1.165) is 23.8 Å². The highest BCUT2D eigenvalue weighted by atomic mass is 32.2. The third-order valence-electron chi connectivity index (χ3n) is 6.20. The van der Waals surface area contributed by atoms with Gasteiger partial charge in [0.2, 0.25) is 5.91 Å². The topological polar surface area (TPSA) is 104 Å². The zero-order chi connectivity index (χ0) is 24.7. The Balaban J connectivity index is 1.59. The fourth-order valence-corrected chi connectivity index (χ4v) is 6.08. The number of carbonyl (C=O) groups excluding carboxylic acids is 3. The highest BCUT2D eigenvalue weighted by molar-refractivity contribution is 7.91. The van der Waals surface area contributed by atoms with Gasteiger partial charge in [-0.3, -0.25) is 14.5 Å². The first-order valence-corrected chi connectivity index (χ1v) is 12.5. The molecular weight excluding hydrogens is 468 g/mol. The van der Waals surface area contributed by atoms with E-state index in [4.69, 9.17) is 0 Å². The van der Waals surface area contributed by atoms with Crippen molar-refractivity contribution in [2.75, 3.05) is 18.1 Å². The van der Waals surface area contributed by atoms with Gasteiger partial charge in [0.15, 0.2) is 9.84 Å². The molecule has 0 radical (unpaired) electrons. The van der Waals surface area contributed by atoms with Crippen LogP contribution in [0.25, 0.3) is 0 Å². The maximum atomic E-state index is 14.4. The van der Waals surface area contributed by atoms with Crippen molar-refractivity contribution in [1.82, 2.24) is 15.1 Å². The van der Waals surface area contributed by atoms with Crippen molar-refractivity contribution in [3.05, 3.63) is 71.3 Å². The molecule has 2 aliphatic heterocycles. The van der Waals surface area contributed by atoms with Crippen molar-refractivity contribution < 1.29 is 31.6 Å². The molecule has 0 saturated carbocycles. The first-order valence-electron chi connectivity index (χ1n) is 10.6. The summed E-state index contributed by atoms with van der Waals surface area (Å²) in [6.07, 6.45) is 0.243. The molecule has 180 valence electrons. The van der Waals surface area contributed by atoms with E-state index in [1.165, 1.54) is 11.8 Å². The predicted molar refractivity (Wildman–Crippen MR) is 118 cm³/mol. The van der Waals surface area contributed by atoms with Crippen LogP contribution in [-0.2, 0) is 31.5 Å². The summed E-state index contributed by atoms with van der Waals surface area (Å²) in [5.41, 5.74) is -1.50. The molecule has 2 unspecified atom stereocenters. The standard InChI is InChI=1S/C23H23F2N3O5S/c1-23(18-11-16(24)7-8-19(18)25)21(30)28(22(31)26-23)13-20(29)27(12-15-5-3-2-4-6-15)17-9-10-34(32,33)14-17/h2-8,11,17H,9-10,12-14H2,1H3,(H,26,31). The lowest BCUT2D eigenvalue weighted by atomic mass is 9.91. The van der Waals surface area contributed by atoms with Crippen LogP contribution >= 0.6 is 0 Å². The average molecular weight is 492 g/mol. The first kappa shape index (κ1) is 23.8. The number of urea groups is 1. The summed E-state index contributed by atoms with van der Waals surface area (Å²) in [4.78, 5) is 41.0. The molecule has 0 spiro atoms. The highest BCUT2D eigenvalue weighted by Gasteiger charge is 2.51. The first-order chi connectivity index (χ1) is 16.0. The van der Waals surface area contributed by atoms with Gasteiger partial charge < -0.3 is 10.2 Å². The molecule has 2 saturated heterocycles. The van der Waals surface area contributed by atoms with Crippen LogP contribution in [0.5, 0.6) is 0 Å². The predicted octanol–water partition coefficient (Wildman–Crippen LogP) is 1.95. The number of amides is 4. The van der Waals surface area contributed by atoms with Crippen molar-refractivity contribution in [2.24, 2.45) is 0 Å². The average Bonchev–Trinajstić information content (AvgIpc) is 3.25. The number of halogens is 2. The number of hydrogen-bond acceptors (Lipinski definition) is 5. The maximum absolute atomic E-state index is 14.4. The van der Waals surface area contributed by atoms with Crippen LogP contribution in [0.2, 0.25) is 0 Å². The molecule has 2 aliphatic rings. The smallest absolute Gasteiger partial charge is 0.325 e. The number of sulfone groups is 1. The molecule has 0 bridgehead atoms. The van der Waals surface area contributed by atoms with Gasteiger partial charge in [-0.2, -0.15) is 0 Å². The quantitative estimate of drug-likeness (QED) is 0.622. The molecule has 2 heterocycles. The number of rotatable bonds is 6. The van der Waals surface area contributed by atoms with E-state index in [9.17, 15) is 31.6 Å². The van der Waals surface area contributed by atoms with Crippen LogP contribution in [0, 0.1) is 11.6 Å². The minimum Gasteiger partial charge on any atom is -0.333 e. The molecule has 2 fully saturated rings. The normalized spacial score (nSPS) is 23.7. The fourth-order valence-electron chi connectivity index (χ4n) is 4.35. The summed E-state index contributed by atoms with van der Waals surface area (Å²) >= 11 is 0. The van der Waals surface area contributed by atoms with E-state index in [1.807, 2.05) is 0 Å². The molecule has 0 aliphatic carbocycles. The van der Waals surface area contributed by atoms with E-state index >= 15 is 0 Å². The van der Waals surface area contributed by atoms with Gasteiger partial charge in [-0.15, -0.1) is 0 Å². The Bertz CT molecular complexity index is 1250. The van der Waals surface area contributed by atoms with Gasteiger partial charge in [-0.1, -0.05) is 30.3 Å². The molecule has 2 atom stereocenters. The molecule has 0 aromatic heterocycles. The Labute approximate surface area is 195 Å². The van der Waals surface area contributed by atoms with Crippen LogP contribution in [0.15, 0.2) is 48.5 Å². The van der Waals surface area contributed by atoms with Crippen LogP contribution in [0.3, 0.4) is 0 Å². The van der Waals surface area contributed by atoms with E-state index in [-0.39, 0.29) is 30.0 Å². The van der Waals surface area contributed by atoms with Crippen LogP contribution in [-0.4, -0.2) is 60.2 Å². The lowest BCUT2D eigenvalue weighted by Crippen LogP contribution is -2.48. The fraction of sp³-hybridized carbons (Fsp3) is 0.348. The number of hydrogen-bond donors (Lipinski definition) is 1. The van der Waals surface area contributed by atoms with Crippen molar-refractivity contribution in [3.63, 3.8) is 0 Å². The van der Waals surface area contributed by atoms with Crippen molar-refractivity contribution >= 4 is 27.7 Å². The van der Waals surface area contributed by atoms with Gasteiger partial charge in [0.05, 0.1) is 11.5 Å². The second-order valence-electron chi connectivity index (χ2n) is 8.63. The molecule has 2 aromatic rings. The molecule has 11 heteroatoms. The SMILES string of the molecule is CC1(c2cc(F)ccc2F)NC(=O)N(CC(=O)N(Cc2ccccc2)C2CCS(=O)(=O)C2)C1=O. The third-order valence-corrected chi connectivity index (χ3v) is 7.95. The zero-order valence-electron chi connectivity index (χ0n) is 18.3.